The highest BCUT2D eigenvalue weighted by molar-refractivity contribution is 8.76. The minimum Gasteiger partial charge on any atom is -0.465 e. The maximum absolute atomic E-state index is 12.0. The zero-order chi connectivity index (χ0) is 15.4. The topological polar surface area (TPSA) is 82.1 Å². The van der Waals surface area contributed by atoms with E-state index in [1.165, 1.54) is 10.8 Å². The summed E-state index contributed by atoms with van der Waals surface area (Å²) in [6.45, 7) is 4.50. The highest BCUT2D eigenvalue weighted by Gasteiger charge is 2.49. The van der Waals surface area contributed by atoms with Crippen molar-refractivity contribution in [2.75, 3.05) is 38.1 Å². The van der Waals surface area contributed by atoms with E-state index in [4.69, 9.17) is 14.2 Å². The number of aliphatic hydroxyl groups is 1. The lowest BCUT2D eigenvalue weighted by atomic mass is 9.90. The van der Waals surface area contributed by atoms with Crippen LogP contribution in [0.1, 0.15) is 20.8 Å². The van der Waals surface area contributed by atoms with Crippen molar-refractivity contribution in [2.24, 2.45) is 5.41 Å². The molecule has 0 aliphatic heterocycles. The van der Waals surface area contributed by atoms with E-state index in [0.29, 0.717) is 5.94 Å². The molecule has 1 N–H and O–H groups in total. The average Bonchev–Trinajstić information content (AvgIpc) is 2.43. The normalized spacial score (nSPS) is 11.2. The standard InChI is InChI=1S/C12H22O6S2/c1-4-17-10(14)12(7-13,11(15)18-5-2)8-16-9-20-19-6-3/h13H,4-9H2,1-3H3. The highest BCUT2D eigenvalue weighted by atomic mass is 33.1. The molecule has 118 valence electrons. The summed E-state index contributed by atoms with van der Waals surface area (Å²) in [4.78, 5) is 23.9. The Labute approximate surface area is 127 Å². The van der Waals surface area contributed by atoms with Gasteiger partial charge in [0.15, 0.2) is 0 Å². The van der Waals surface area contributed by atoms with Gasteiger partial charge in [0, 0.05) is 5.75 Å². The minimum absolute atomic E-state index is 0.112. The van der Waals surface area contributed by atoms with E-state index in [2.05, 4.69) is 0 Å². The van der Waals surface area contributed by atoms with Crippen molar-refractivity contribution < 1.29 is 28.9 Å². The molecule has 0 saturated carbocycles. The highest BCUT2D eigenvalue weighted by Crippen LogP contribution is 2.25. The van der Waals surface area contributed by atoms with Gasteiger partial charge in [0.25, 0.3) is 0 Å². The molecule has 0 atom stereocenters. The van der Waals surface area contributed by atoms with Crippen molar-refractivity contribution in [3.05, 3.63) is 0 Å². The Morgan fingerprint density at radius 3 is 2.00 bits per heavy atom. The van der Waals surface area contributed by atoms with Gasteiger partial charge in [0.1, 0.15) is 5.94 Å². The Morgan fingerprint density at radius 2 is 1.60 bits per heavy atom. The van der Waals surface area contributed by atoms with Crippen molar-refractivity contribution in [1.29, 1.82) is 0 Å². The summed E-state index contributed by atoms with van der Waals surface area (Å²) in [7, 11) is 3.06. The molecule has 0 rings (SSSR count). The fourth-order valence-corrected chi connectivity index (χ4v) is 2.58. The second-order valence-electron chi connectivity index (χ2n) is 3.67. The Balaban J connectivity index is 4.74. The molecule has 20 heavy (non-hydrogen) atoms. The SMILES string of the molecule is CCOC(=O)C(CO)(COCSSCC)C(=O)OCC. The largest absolute Gasteiger partial charge is 0.465 e. The number of carbonyl (C=O) groups excluding carboxylic acids is 2. The molecular weight excluding hydrogens is 304 g/mol. The molecule has 6 nitrogen and oxygen atoms in total. The Morgan fingerprint density at radius 1 is 1.05 bits per heavy atom. The van der Waals surface area contributed by atoms with E-state index in [1.807, 2.05) is 6.92 Å². The molecule has 0 aliphatic rings. The van der Waals surface area contributed by atoms with Crippen LogP contribution in [0.2, 0.25) is 0 Å². The van der Waals surface area contributed by atoms with Gasteiger partial charge in [0.2, 0.25) is 5.41 Å². The predicted octanol–water partition coefficient (Wildman–Crippen LogP) is 1.47. The van der Waals surface area contributed by atoms with Crippen molar-refractivity contribution >= 4 is 33.5 Å². The van der Waals surface area contributed by atoms with Crippen LogP contribution in [0.5, 0.6) is 0 Å². The van der Waals surface area contributed by atoms with Gasteiger partial charge in [-0.25, -0.2) is 0 Å². The quantitative estimate of drug-likeness (QED) is 0.201. The molecule has 0 aliphatic carbocycles. The van der Waals surface area contributed by atoms with Gasteiger partial charge in [0.05, 0.1) is 26.4 Å². The third-order valence-corrected chi connectivity index (χ3v) is 4.44. The molecule has 0 aromatic carbocycles. The van der Waals surface area contributed by atoms with Crippen LogP contribution in [-0.2, 0) is 23.8 Å². The Hall–Kier alpha value is -0.440. The number of esters is 2. The Kier molecular flexibility index (Phi) is 11.0. The molecule has 0 saturated heterocycles. The molecule has 0 bridgehead atoms. The van der Waals surface area contributed by atoms with Crippen molar-refractivity contribution in [2.45, 2.75) is 20.8 Å². The number of carbonyl (C=O) groups is 2. The van der Waals surface area contributed by atoms with Gasteiger partial charge in [-0.05, 0) is 13.8 Å². The second kappa shape index (κ2) is 11.2. The smallest absolute Gasteiger partial charge is 0.328 e. The summed E-state index contributed by atoms with van der Waals surface area (Å²) in [5.74, 6) is -0.420. The summed E-state index contributed by atoms with van der Waals surface area (Å²) in [5, 5.41) is 9.48. The van der Waals surface area contributed by atoms with Crippen LogP contribution < -0.4 is 0 Å². The first kappa shape index (κ1) is 19.6. The van der Waals surface area contributed by atoms with Crippen LogP contribution in [0.15, 0.2) is 0 Å². The summed E-state index contributed by atoms with van der Waals surface area (Å²) in [5.41, 5.74) is -1.80. The van der Waals surface area contributed by atoms with Crippen molar-refractivity contribution in [3.63, 3.8) is 0 Å². The second-order valence-corrected chi connectivity index (χ2v) is 6.37. The number of ether oxygens (including phenoxy) is 3. The number of rotatable bonds is 11. The lowest BCUT2D eigenvalue weighted by Crippen LogP contribution is -2.48. The molecule has 0 amide bonds. The Bertz CT molecular complexity index is 280. The third-order valence-electron chi connectivity index (χ3n) is 2.28. The molecule has 0 heterocycles. The molecule has 0 radical (unpaired) electrons. The monoisotopic (exact) mass is 326 g/mol. The van der Waals surface area contributed by atoms with Gasteiger partial charge >= 0.3 is 11.9 Å². The maximum Gasteiger partial charge on any atom is 0.328 e. The van der Waals surface area contributed by atoms with Crippen LogP contribution >= 0.6 is 21.6 Å². The maximum atomic E-state index is 12.0. The van der Waals surface area contributed by atoms with Crippen molar-refractivity contribution in [3.8, 4) is 0 Å². The van der Waals surface area contributed by atoms with Gasteiger partial charge in [-0.15, -0.1) is 0 Å². The van der Waals surface area contributed by atoms with Crippen LogP contribution in [-0.4, -0.2) is 55.2 Å². The first-order valence-corrected chi connectivity index (χ1v) is 8.85. The van der Waals surface area contributed by atoms with Crippen molar-refractivity contribution in [1.82, 2.24) is 0 Å². The van der Waals surface area contributed by atoms with Crippen LogP contribution in [0.25, 0.3) is 0 Å². The summed E-state index contributed by atoms with van der Waals surface area (Å²) >= 11 is 0. The predicted molar refractivity (Wildman–Crippen MR) is 79.3 cm³/mol. The zero-order valence-corrected chi connectivity index (χ0v) is 13.7. The molecule has 0 aromatic heterocycles. The lowest BCUT2D eigenvalue weighted by Gasteiger charge is -2.26. The lowest BCUT2D eigenvalue weighted by molar-refractivity contribution is -0.179. The van der Waals surface area contributed by atoms with Crippen LogP contribution in [0, 0.1) is 5.41 Å². The van der Waals surface area contributed by atoms with Gasteiger partial charge < -0.3 is 19.3 Å². The minimum atomic E-state index is -1.80. The van der Waals surface area contributed by atoms with Crippen LogP contribution in [0.3, 0.4) is 0 Å². The first-order chi connectivity index (χ1) is 9.58. The summed E-state index contributed by atoms with van der Waals surface area (Å²) in [6, 6.07) is 0. The number of hydrogen-bond donors (Lipinski definition) is 1. The molecule has 8 heteroatoms. The molecular formula is C12H22O6S2. The van der Waals surface area contributed by atoms with E-state index in [0.717, 1.165) is 5.75 Å². The molecule has 0 spiro atoms. The van der Waals surface area contributed by atoms with E-state index in [-0.39, 0.29) is 19.8 Å². The first-order valence-electron chi connectivity index (χ1n) is 6.36. The molecule has 0 fully saturated rings. The van der Waals surface area contributed by atoms with Gasteiger partial charge in [-0.2, -0.15) is 0 Å². The van der Waals surface area contributed by atoms with E-state index in [1.54, 1.807) is 24.6 Å². The number of aliphatic hydroxyl groups excluding tert-OH is 1. The fraction of sp³-hybridized carbons (Fsp3) is 0.833. The fourth-order valence-electron chi connectivity index (χ4n) is 1.28. The molecule has 0 aromatic rings. The van der Waals surface area contributed by atoms with Gasteiger partial charge in [-0.3, -0.25) is 9.59 Å². The van der Waals surface area contributed by atoms with E-state index < -0.39 is 24.0 Å². The average molecular weight is 326 g/mol. The summed E-state index contributed by atoms with van der Waals surface area (Å²) in [6.07, 6.45) is 0. The third kappa shape index (κ3) is 5.90. The molecule has 0 unspecified atom stereocenters. The van der Waals surface area contributed by atoms with E-state index in [9.17, 15) is 14.7 Å². The van der Waals surface area contributed by atoms with Crippen LogP contribution in [0.4, 0.5) is 0 Å². The number of hydrogen-bond acceptors (Lipinski definition) is 8. The summed E-state index contributed by atoms with van der Waals surface area (Å²) < 4.78 is 15.0. The van der Waals surface area contributed by atoms with Gasteiger partial charge in [-0.1, -0.05) is 28.5 Å². The van der Waals surface area contributed by atoms with E-state index >= 15 is 0 Å². The zero-order valence-electron chi connectivity index (χ0n) is 12.0.